The molecule has 0 bridgehead atoms. The summed E-state index contributed by atoms with van der Waals surface area (Å²) in [6, 6.07) is 6.27. The zero-order valence-corrected chi connectivity index (χ0v) is 11.6. The lowest BCUT2D eigenvalue weighted by Crippen LogP contribution is -2.36. The molecule has 0 radical (unpaired) electrons. The number of hydrogen-bond acceptors (Lipinski definition) is 4. The van der Waals surface area contributed by atoms with Crippen molar-refractivity contribution in [2.45, 2.75) is 19.4 Å². The van der Waals surface area contributed by atoms with Crippen molar-refractivity contribution in [3.63, 3.8) is 0 Å². The first-order valence-corrected chi connectivity index (χ1v) is 6.22. The van der Waals surface area contributed by atoms with Gasteiger partial charge in [0.15, 0.2) is 11.5 Å². The van der Waals surface area contributed by atoms with Crippen LogP contribution in [0.25, 0.3) is 0 Å². The number of ether oxygens (including phenoxy) is 3. The summed E-state index contributed by atoms with van der Waals surface area (Å²) in [6.45, 7) is 2.41. The Morgan fingerprint density at radius 2 is 2.17 bits per heavy atom. The van der Waals surface area contributed by atoms with E-state index in [-0.39, 0.29) is 6.04 Å². The number of benzene rings is 1. The SMILES string of the molecule is COC(=S)N(C)[C@H](C)Cc1ccc2c(c1)OCO2. The molecule has 0 N–H and O–H groups in total. The molecule has 2 rings (SSSR count). The molecule has 4 nitrogen and oxygen atoms in total. The Hall–Kier alpha value is -1.49. The highest BCUT2D eigenvalue weighted by atomic mass is 32.1. The van der Waals surface area contributed by atoms with Crippen LogP contribution in [0.4, 0.5) is 0 Å². The van der Waals surface area contributed by atoms with E-state index in [4.69, 9.17) is 26.4 Å². The third kappa shape index (κ3) is 2.67. The lowest BCUT2D eigenvalue weighted by Gasteiger charge is -2.26. The van der Waals surface area contributed by atoms with Gasteiger partial charge in [-0.3, -0.25) is 0 Å². The van der Waals surface area contributed by atoms with Crippen LogP contribution in [-0.2, 0) is 11.2 Å². The summed E-state index contributed by atoms with van der Waals surface area (Å²) in [5, 5.41) is 0.503. The molecule has 98 valence electrons. The van der Waals surface area contributed by atoms with Crippen molar-refractivity contribution in [3.8, 4) is 11.5 Å². The van der Waals surface area contributed by atoms with Gasteiger partial charge in [-0.2, -0.15) is 0 Å². The number of likely N-dealkylation sites (N-methyl/N-ethyl adjacent to an activating group) is 1. The maximum absolute atomic E-state index is 5.36. The number of methoxy groups -OCH3 is 1. The van der Waals surface area contributed by atoms with E-state index in [9.17, 15) is 0 Å². The quantitative estimate of drug-likeness (QED) is 0.784. The highest BCUT2D eigenvalue weighted by Gasteiger charge is 2.17. The predicted octanol–water partition coefficient (Wildman–Crippen LogP) is 2.21. The van der Waals surface area contributed by atoms with Gasteiger partial charge in [0.2, 0.25) is 6.79 Å². The number of fused-ring (bicyclic) bond motifs is 1. The van der Waals surface area contributed by atoms with Gasteiger partial charge in [-0.25, -0.2) is 0 Å². The second-order valence-corrected chi connectivity index (χ2v) is 4.67. The lowest BCUT2D eigenvalue weighted by atomic mass is 10.1. The largest absolute Gasteiger partial charge is 0.474 e. The summed E-state index contributed by atoms with van der Waals surface area (Å²) < 4.78 is 15.7. The number of rotatable bonds is 3. The normalized spacial score (nSPS) is 14.2. The third-order valence-corrected chi connectivity index (χ3v) is 3.55. The van der Waals surface area contributed by atoms with E-state index >= 15 is 0 Å². The van der Waals surface area contributed by atoms with E-state index in [1.165, 1.54) is 5.56 Å². The maximum atomic E-state index is 5.36. The Balaban J connectivity index is 2.03. The predicted molar refractivity (Wildman–Crippen MR) is 73.1 cm³/mol. The molecule has 18 heavy (non-hydrogen) atoms. The van der Waals surface area contributed by atoms with E-state index < -0.39 is 0 Å². The summed E-state index contributed by atoms with van der Waals surface area (Å²) in [5.74, 6) is 1.63. The molecule has 1 aromatic rings. The minimum Gasteiger partial charge on any atom is -0.474 e. The van der Waals surface area contributed by atoms with Crippen molar-refractivity contribution < 1.29 is 14.2 Å². The molecular weight excluding hydrogens is 250 g/mol. The smallest absolute Gasteiger partial charge is 0.259 e. The minimum absolute atomic E-state index is 0.262. The number of thiocarbonyl (C=S) groups is 1. The van der Waals surface area contributed by atoms with Crippen LogP contribution in [-0.4, -0.2) is 37.1 Å². The number of hydrogen-bond donors (Lipinski definition) is 0. The molecule has 0 saturated heterocycles. The summed E-state index contributed by atoms with van der Waals surface area (Å²) in [4.78, 5) is 1.94. The van der Waals surface area contributed by atoms with Crippen LogP contribution >= 0.6 is 12.2 Å². The van der Waals surface area contributed by atoms with Crippen LogP contribution in [0.2, 0.25) is 0 Å². The molecule has 0 aliphatic carbocycles. The van der Waals surface area contributed by atoms with Crippen molar-refractivity contribution in [2.24, 2.45) is 0 Å². The molecule has 0 fully saturated rings. The van der Waals surface area contributed by atoms with Crippen LogP contribution < -0.4 is 9.47 Å². The van der Waals surface area contributed by atoms with Crippen LogP contribution in [0, 0.1) is 0 Å². The molecule has 0 spiro atoms. The molecular formula is C13H17NO3S. The van der Waals surface area contributed by atoms with Crippen molar-refractivity contribution in [1.82, 2.24) is 4.90 Å². The highest BCUT2D eigenvalue weighted by Crippen LogP contribution is 2.32. The van der Waals surface area contributed by atoms with Gasteiger partial charge in [-0.1, -0.05) is 6.07 Å². The van der Waals surface area contributed by atoms with Gasteiger partial charge in [-0.05, 0) is 43.3 Å². The van der Waals surface area contributed by atoms with Crippen LogP contribution in [0.15, 0.2) is 18.2 Å². The fraction of sp³-hybridized carbons (Fsp3) is 0.462. The van der Waals surface area contributed by atoms with E-state index in [2.05, 4.69) is 6.92 Å². The highest BCUT2D eigenvalue weighted by molar-refractivity contribution is 7.80. The fourth-order valence-electron chi connectivity index (χ4n) is 1.87. The van der Waals surface area contributed by atoms with Crippen LogP contribution in [0.3, 0.4) is 0 Å². The number of nitrogens with zero attached hydrogens (tertiary/aromatic N) is 1. The Morgan fingerprint density at radius 3 is 2.89 bits per heavy atom. The molecule has 0 amide bonds. The molecule has 0 saturated carbocycles. The lowest BCUT2D eigenvalue weighted by molar-refractivity contribution is 0.174. The summed E-state index contributed by atoms with van der Waals surface area (Å²) in [7, 11) is 3.52. The van der Waals surface area contributed by atoms with E-state index in [1.54, 1.807) is 7.11 Å². The second-order valence-electron chi connectivity index (χ2n) is 4.32. The van der Waals surface area contributed by atoms with E-state index in [1.807, 2.05) is 30.1 Å². The third-order valence-electron chi connectivity index (χ3n) is 3.09. The zero-order chi connectivity index (χ0) is 13.1. The summed E-state index contributed by atoms with van der Waals surface area (Å²) >= 11 is 5.11. The standard InChI is InChI=1S/C13H17NO3S/c1-9(14(2)13(18)15-3)6-10-4-5-11-12(7-10)17-8-16-11/h4-5,7,9H,6,8H2,1-3H3/t9-/m1/s1. The molecule has 1 aliphatic rings. The summed E-state index contributed by atoms with van der Waals surface area (Å²) in [6.07, 6.45) is 0.872. The molecule has 0 aromatic heterocycles. The van der Waals surface area contributed by atoms with Gasteiger partial charge in [0.25, 0.3) is 5.17 Å². The molecule has 1 atom stereocenters. The first-order valence-electron chi connectivity index (χ1n) is 5.81. The topological polar surface area (TPSA) is 30.9 Å². The van der Waals surface area contributed by atoms with Gasteiger partial charge in [-0.15, -0.1) is 0 Å². The molecule has 1 aromatic carbocycles. The average molecular weight is 267 g/mol. The monoisotopic (exact) mass is 267 g/mol. The van der Waals surface area contributed by atoms with Gasteiger partial charge in [0.05, 0.1) is 7.11 Å². The van der Waals surface area contributed by atoms with Crippen LogP contribution in [0.1, 0.15) is 12.5 Å². The van der Waals surface area contributed by atoms with Gasteiger partial charge in [0, 0.05) is 13.1 Å². The first-order chi connectivity index (χ1) is 8.61. The van der Waals surface area contributed by atoms with Crippen molar-refractivity contribution in [1.29, 1.82) is 0 Å². The van der Waals surface area contributed by atoms with E-state index in [0.717, 1.165) is 17.9 Å². The van der Waals surface area contributed by atoms with Crippen molar-refractivity contribution in [3.05, 3.63) is 23.8 Å². The Morgan fingerprint density at radius 1 is 1.44 bits per heavy atom. The average Bonchev–Trinajstić information content (AvgIpc) is 2.84. The molecule has 0 unspecified atom stereocenters. The Labute approximate surface area is 112 Å². The molecule has 1 aliphatic heterocycles. The maximum Gasteiger partial charge on any atom is 0.259 e. The van der Waals surface area contributed by atoms with Gasteiger partial charge >= 0.3 is 0 Å². The van der Waals surface area contributed by atoms with Crippen molar-refractivity contribution >= 4 is 17.4 Å². The Bertz CT molecular complexity index is 450. The van der Waals surface area contributed by atoms with Gasteiger partial charge < -0.3 is 19.1 Å². The van der Waals surface area contributed by atoms with Gasteiger partial charge in [0.1, 0.15) is 0 Å². The minimum atomic E-state index is 0.262. The zero-order valence-electron chi connectivity index (χ0n) is 10.8. The first kappa shape index (κ1) is 13.0. The molecule has 5 heteroatoms. The van der Waals surface area contributed by atoms with Crippen molar-refractivity contribution in [2.75, 3.05) is 21.0 Å². The van der Waals surface area contributed by atoms with Crippen LogP contribution in [0.5, 0.6) is 11.5 Å². The summed E-state index contributed by atoms with van der Waals surface area (Å²) in [5.41, 5.74) is 1.19. The molecule has 1 heterocycles. The van der Waals surface area contributed by atoms with E-state index in [0.29, 0.717) is 12.0 Å². The second kappa shape index (κ2) is 5.44. The fourth-order valence-corrected chi connectivity index (χ4v) is 2.05. The Kier molecular flexibility index (Phi) is 3.91.